The standard InChI is InChI=1S/C17H17ClN2O3/c18-12-9-11(10-15-16(12)23-8-7-22-15)17(21)20-6-2-4-14(20)13-3-1-5-19-13/h1,3,5,9-10,14,19H,2,4,6-8H2/t14-/m1/s1. The summed E-state index contributed by atoms with van der Waals surface area (Å²) in [7, 11) is 0. The molecule has 1 N–H and O–H groups in total. The normalized spacial score (nSPS) is 19.9. The Bertz CT molecular complexity index is 730. The predicted octanol–water partition coefficient (Wildman–Crippen LogP) is 3.42. The molecule has 5 nitrogen and oxygen atoms in total. The van der Waals surface area contributed by atoms with Gasteiger partial charge < -0.3 is 19.4 Å². The molecule has 23 heavy (non-hydrogen) atoms. The molecule has 1 aromatic carbocycles. The Morgan fingerprint density at radius 1 is 1.30 bits per heavy atom. The zero-order valence-corrected chi connectivity index (χ0v) is 13.3. The summed E-state index contributed by atoms with van der Waals surface area (Å²) in [5.74, 6) is 1.04. The number of halogens is 1. The summed E-state index contributed by atoms with van der Waals surface area (Å²) in [6, 6.07) is 7.46. The van der Waals surface area contributed by atoms with Crippen LogP contribution in [0, 0.1) is 0 Å². The molecule has 1 fully saturated rings. The number of aromatic nitrogens is 1. The van der Waals surface area contributed by atoms with Crippen molar-refractivity contribution in [1.82, 2.24) is 9.88 Å². The van der Waals surface area contributed by atoms with Gasteiger partial charge in [-0.2, -0.15) is 0 Å². The molecule has 0 saturated carbocycles. The van der Waals surface area contributed by atoms with Gasteiger partial charge in [0, 0.05) is 24.0 Å². The van der Waals surface area contributed by atoms with E-state index in [1.165, 1.54) is 0 Å². The molecular weight excluding hydrogens is 316 g/mol. The summed E-state index contributed by atoms with van der Waals surface area (Å²) in [4.78, 5) is 18.1. The van der Waals surface area contributed by atoms with Crippen molar-refractivity contribution in [2.45, 2.75) is 18.9 Å². The lowest BCUT2D eigenvalue weighted by Crippen LogP contribution is -2.31. The van der Waals surface area contributed by atoms with Crippen LogP contribution >= 0.6 is 11.6 Å². The van der Waals surface area contributed by atoms with E-state index in [0.717, 1.165) is 25.1 Å². The quantitative estimate of drug-likeness (QED) is 0.916. The van der Waals surface area contributed by atoms with Crippen molar-refractivity contribution in [1.29, 1.82) is 0 Å². The number of rotatable bonds is 2. The fraction of sp³-hybridized carbons (Fsp3) is 0.353. The lowest BCUT2D eigenvalue weighted by Gasteiger charge is -2.25. The van der Waals surface area contributed by atoms with E-state index >= 15 is 0 Å². The van der Waals surface area contributed by atoms with Crippen molar-refractivity contribution in [2.75, 3.05) is 19.8 Å². The number of aromatic amines is 1. The van der Waals surface area contributed by atoms with Crippen molar-refractivity contribution >= 4 is 17.5 Å². The van der Waals surface area contributed by atoms with E-state index in [1.54, 1.807) is 12.1 Å². The molecule has 0 bridgehead atoms. The second-order valence-corrected chi connectivity index (χ2v) is 6.17. The molecule has 3 heterocycles. The van der Waals surface area contributed by atoms with Crippen LogP contribution in [0.15, 0.2) is 30.5 Å². The fourth-order valence-corrected chi connectivity index (χ4v) is 3.55. The average molecular weight is 333 g/mol. The first kappa shape index (κ1) is 14.5. The zero-order valence-electron chi connectivity index (χ0n) is 12.5. The van der Waals surface area contributed by atoms with Gasteiger partial charge in [-0.15, -0.1) is 0 Å². The third-order valence-electron chi connectivity index (χ3n) is 4.34. The number of carbonyl (C=O) groups is 1. The van der Waals surface area contributed by atoms with Gasteiger partial charge in [0.05, 0.1) is 11.1 Å². The minimum atomic E-state index is -0.0269. The number of carbonyl (C=O) groups excluding carboxylic acids is 1. The Morgan fingerprint density at radius 3 is 3.00 bits per heavy atom. The molecular formula is C17H17ClN2O3. The van der Waals surface area contributed by atoms with E-state index in [-0.39, 0.29) is 11.9 Å². The van der Waals surface area contributed by atoms with Gasteiger partial charge in [-0.25, -0.2) is 0 Å². The van der Waals surface area contributed by atoms with Crippen molar-refractivity contribution in [2.24, 2.45) is 0 Å². The second kappa shape index (κ2) is 5.81. The third-order valence-corrected chi connectivity index (χ3v) is 4.62. The molecule has 2 aliphatic heterocycles. The molecule has 0 spiro atoms. The summed E-state index contributed by atoms with van der Waals surface area (Å²) < 4.78 is 11.1. The highest BCUT2D eigenvalue weighted by Crippen LogP contribution is 2.40. The number of amides is 1. The van der Waals surface area contributed by atoms with Gasteiger partial charge in [0.25, 0.3) is 5.91 Å². The number of hydrogen-bond acceptors (Lipinski definition) is 3. The van der Waals surface area contributed by atoms with Crippen LogP contribution in [0.4, 0.5) is 0 Å². The first-order chi connectivity index (χ1) is 11.2. The molecule has 0 radical (unpaired) electrons. The highest BCUT2D eigenvalue weighted by atomic mass is 35.5. The number of fused-ring (bicyclic) bond motifs is 1. The predicted molar refractivity (Wildman–Crippen MR) is 86.2 cm³/mol. The minimum Gasteiger partial charge on any atom is -0.486 e. The smallest absolute Gasteiger partial charge is 0.254 e. The van der Waals surface area contributed by atoms with Crippen LogP contribution in [-0.2, 0) is 0 Å². The molecule has 120 valence electrons. The van der Waals surface area contributed by atoms with E-state index in [2.05, 4.69) is 4.98 Å². The number of nitrogens with zero attached hydrogens (tertiary/aromatic N) is 1. The van der Waals surface area contributed by atoms with E-state index < -0.39 is 0 Å². The van der Waals surface area contributed by atoms with Crippen molar-refractivity contribution in [3.05, 3.63) is 46.7 Å². The summed E-state index contributed by atoms with van der Waals surface area (Å²) in [5, 5.41) is 0.418. The molecule has 2 aromatic rings. The Morgan fingerprint density at radius 2 is 2.17 bits per heavy atom. The Labute approximate surface area is 139 Å². The Kier molecular flexibility index (Phi) is 3.65. The zero-order chi connectivity index (χ0) is 15.8. The molecule has 1 amide bonds. The highest BCUT2D eigenvalue weighted by Gasteiger charge is 2.32. The summed E-state index contributed by atoms with van der Waals surface area (Å²) in [6.07, 6.45) is 3.84. The van der Waals surface area contributed by atoms with Gasteiger partial charge in [-0.05, 0) is 37.1 Å². The summed E-state index contributed by atoms with van der Waals surface area (Å²) in [6.45, 7) is 1.69. The lowest BCUT2D eigenvalue weighted by molar-refractivity contribution is 0.0732. The van der Waals surface area contributed by atoms with E-state index in [1.807, 2.05) is 23.2 Å². The van der Waals surface area contributed by atoms with E-state index in [4.69, 9.17) is 21.1 Å². The molecule has 6 heteroatoms. The lowest BCUT2D eigenvalue weighted by atomic mass is 10.1. The Balaban J connectivity index is 1.65. The number of H-pyrrole nitrogens is 1. The maximum Gasteiger partial charge on any atom is 0.254 e. The van der Waals surface area contributed by atoms with Crippen molar-refractivity contribution in [3.8, 4) is 11.5 Å². The monoisotopic (exact) mass is 332 g/mol. The molecule has 1 aromatic heterocycles. The largest absolute Gasteiger partial charge is 0.486 e. The molecule has 0 unspecified atom stereocenters. The third kappa shape index (κ3) is 2.55. The van der Waals surface area contributed by atoms with E-state index in [9.17, 15) is 4.79 Å². The number of hydrogen-bond donors (Lipinski definition) is 1. The molecule has 0 aliphatic carbocycles. The number of benzene rings is 1. The molecule has 2 aliphatic rings. The number of ether oxygens (including phenoxy) is 2. The van der Waals surface area contributed by atoms with Crippen LogP contribution < -0.4 is 9.47 Å². The van der Waals surface area contributed by atoms with Gasteiger partial charge >= 0.3 is 0 Å². The van der Waals surface area contributed by atoms with Crippen LogP contribution in [0.25, 0.3) is 0 Å². The minimum absolute atomic E-state index is 0.0269. The van der Waals surface area contributed by atoms with E-state index in [0.29, 0.717) is 35.3 Å². The van der Waals surface area contributed by atoms with Gasteiger partial charge in [-0.3, -0.25) is 4.79 Å². The molecule has 1 atom stereocenters. The maximum absolute atomic E-state index is 12.9. The van der Waals surface area contributed by atoms with Crippen LogP contribution in [0.1, 0.15) is 34.9 Å². The summed E-state index contributed by atoms with van der Waals surface area (Å²) >= 11 is 6.25. The summed E-state index contributed by atoms with van der Waals surface area (Å²) in [5.41, 5.74) is 1.61. The van der Waals surface area contributed by atoms with Crippen molar-refractivity contribution in [3.63, 3.8) is 0 Å². The highest BCUT2D eigenvalue weighted by molar-refractivity contribution is 6.32. The van der Waals surface area contributed by atoms with Crippen molar-refractivity contribution < 1.29 is 14.3 Å². The topological polar surface area (TPSA) is 54.6 Å². The van der Waals surface area contributed by atoms with Gasteiger partial charge in [-0.1, -0.05) is 11.6 Å². The average Bonchev–Trinajstić information content (AvgIpc) is 3.25. The van der Waals surface area contributed by atoms with Gasteiger partial charge in [0.2, 0.25) is 0 Å². The Hall–Kier alpha value is -2.14. The fourth-order valence-electron chi connectivity index (χ4n) is 3.28. The number of nitrogens with one attached hydrogen (secondary N) is 1. The number of likely N-dealkylation sites (tertiary alicyclic amines) is 1. The van der Waals surface area contributed by atoms with Crippen LogP contribution in [0.2, 0.25) is 5.02 Å². The van der Waals surface area contributed by atoms with Crippen LogP contribution in [0.3, 0.4) is 0 Å². The van der Waals surface area contributed by atoms with Gasteiger partial charge in [0.15, 0.2) is 11.5 Å². The van der Waals surface area contributed by atoms with Crippen LogP contribution in [-0.4, -0.2) is 35.5 Å². The first-order valence-corrected chi connectivity index (χ1v) is 8.15. The molecule has 1 saturated heterocycles. The first-order valence-electron chi connectivity index (χ1n) is 7.77. The SMILES string of the molecule is O=C(c1cc(Cl)c2c(c1)OCCO2)N1CCC[C@@H]1c1ccc[nH]1. The second-order valence-electron chi connectivity index (χ2n) is 5.76. The molecule has 4 rings (SSSR count). The van der Waals surface area contributed by atoms with Crippen LogP contribution in [0.5, 0.6) is 11.5 Å². The van der Waals surface area contributed by atoms with Gasteiger partial charge in [0.1, 0.15) is 13.2 Å². The maximum atomic E-state index is 12.9.